The molecule has 5 aromatic carbocycles. The number of aromatic nitrogens is 4. The lowest BCUT2D eigenvalue weighted by molar-refractivity contribution is -0.245. The fourth-order valence-electron chi connectivity index (χ4n) is 5.44. The van der Waals surface area contributed by atoms with Crippen LogP contribution in [0.1, 0.15) is 35.5 Å². The molecule has 0 bridgehead atoms. The fraction of sp³-hybridized carbons (Fsp3) is 0.158. The van der Waals surface area contributed by atoms with E-state index in [0.29, 0.717) is 34.5 Å². The lowest BCUT2D eigenvalue weighted by atomic mass is 10.0. The Hall–Kier alpha value is -5.53. The number of carbonyl (C=O) groups excluding carboxylic acids is 1. The number of hydrogen-bond acceptors (Lipinski definition) is 9. The Bertz CT molecular complexity index is 1980. The van der Waals surface area contributed by atoms with Crippen LogP contribution in [0.15, 0.2) is 139 Å². The minimum absolute atomic E-state index is 0.0264. The van der Waals surface area contributed by atoms with Crippen molar-refractivity contribution in [3.05, 3.63) is 150 Å². The summed E-state index contributed by atoms with van der Waals surface area (Å²) in [5, 5.41) is 28.2. The predicted molar refractivity (Wildman–Crippen MR) is 190 cm³/mol. The number of aliphatic hydroxyl groups excluding tert-OH is 1. The van der Waals surface area contributed by atoms with Crippen LogP contribution >= 0.6 is 11.8 Å². The van der Waals surface area contributed by atoms with E-state index in [4.69, 9.17) is 14.2 Å². The van der Waals surface area contributed by atoms with Crippen LogP contribution in [0.5, 0.6) is 11.5 Å². The Morgan fingerprint density at radius 1 is 0.780 bits per heavy atom. The molecule has 0 saturated carbocycles. The maximum atomic E-state index is 12.8. The summed E-state index contributed by atoms with van der Waals surface area (Å²) in [7, 11) is 0. The largest absolute Gasteiger partial charge is 0.457 e. The number of anilines is 2. The molecule has 6 aromatic rings. The highest BCUT2D eigenvalue weighted by Gasteiger charge is 2.32. The number of nitrogens with one attached hydrogen (secondary N) is 2. The molecule has 2 heterocycles. The van der Waals surface area contributed by atoms with Gasteiger partial charge in [0.1, 0.15) is 11.5 Å². The van der Waals surface area contributed by atoms with Gasteiger partial charge in [0.15, 0.2) is 6.29 Å². The molecular formula is C38H34N6O5S. The molecule has 252 valence electrons. The molecule has 3 atom stereocenters. The number of urea groups is 1. The summed E-state index contributed by atoms with van der Waals surface area (Å²) in [5.41, 5.74) is 4.75. The molecule has 7 rings (SSSR count). The number of aliphatic hydroxyl groups is 1. The third kappa shape index (κ3) is 8.36. The molecule has 11 nitrogen and oxygen atoms in total. The van der Waals surface area contributed by atoms with Crippen molar-refractivity contribution in [2.45, 2.75) is 36.7 Å². The lowest BCUT2D eigenvalue weighted by Gasteiger charge is -2.36. The number of ether oxygens (including phenoxy) is 3. The number of thioether (sulfide) groups is 1. The molecule has 2 amide bonds. The topological polar surface area (TPSA) is 133 Å². The van der Waals surface area contributed by atoms with E-state index in [9.17, 15) is 9.90 Å². The van der Waals surface area contributed by atoms with Crippen molar-refractivity contribution < 1.29 is 24.1 Å². The van der Waals surface area contributed by atoms with E-state index in [1.807, 2.05) is 109 Å². The van der Waals surface area contributed by atoms with Gasteiger partial charge in [0.05, 0.1) is 24.5 Å². The van der Waals surface area contributed by atoms with Gasteiger partial charge in [0.25, 0.3) is 0 Å². The van der Waals surface area contributed by atoms with Crippen LogP contribution in [0.4, 0.5) is 16.2 Å². The molecule has 3 N–H and O–H groups in total. The van der Waals surface area contributed by atoms with E-state index < -0.39 is 6.29 Å². The summed E-state index contributed by atoms with van der Waals surface area (Å²) < 4.78 is 20.5. The van der Waals surface area contributed by atoms with Crippen molar-refractivity contribution in [2.24, 2.45) is 0 Å². The van der Waals surface area contributed by atoms with E-state index in [2.05, 4.69) is 26.2 Å². The summed E-state index contributed by atoms with van der Waals surface area (Å²) >= 11 is 1.52. The van der Waals surface area contributed by atoms with Crippen molar-refractivity contribution >= 4 is 29.2 Å². The molecule has 12 heteroatoms. The summed E-state index contributed by atoms with van der Waals surface area (Å²) in [6.45, 7) is -0.0264. The quantitative estimate of drug-likeness (QED) is 0.116. The van der Waals surface area contributed by atoms with Gasteiger partial charge in [-0.05, 0) is 82.2 Å². The second kappa shape index (κ2) is 15.8. The maximum absolute atomic E-state index is 12.8. The van der Waals surface area contributed by atoms with Crippen LogP contribution in [-0.4, -0.2) is 43.2 Å². The highest BCUT2D eigenvalue weighted by Crippen LogP contribution is 2.39. The van der Waals surface area contributed by atoms with Gasteiger partial charge in [0, 0.05) is 29.1 Å². The van der Waals surface area contributed by atoms with Crippen LogP contribution < -0.4 is 15.4 Å². The number of rotatable bonds is 11. The van der Waals surface area contributed by atoms with Crippen LogP contribution in [0.3, 0.4) is 0 Å². The van der Waals surface area contributed by atoms with Crippen molar-refractivity contribution in [3.8, 4) is 17.2 Å². The molecule has 1 aliphatic heterocycles. The van der Waals surface area contributed by atoms with Crippen LogP contribution in [0, 0.1) is 0 Å². The number of nitrogens with zero attached hydrogens (tertiary/aromatic N) is 4. The zero-order valence-corrected chi connectivity index (χ0v) is 27.6. The first-order chi connectivity index (χ1) is 24.6. The zero-order chi connectivity index (χ0) is 34.1. The van der Waals surface area contributed by atoms with Gasteiger partial charge in [-0.2, -0.15) is 4.68 Å². The number of carbonyl (C=O) groups is 1. The second-order valence-electron chi connectivity index (χ2n) is 11.5. The molecule has 0 radical (unpaired) electrons. The molecule has 3 unspecified atom stereocenters. The number of hydrogen-bond donors (Lipinski definition) is 3. The van der Waals surface area contributed by atoms with Gasteiger partial charge in [0.2, 0.25) is 5.16 Å². The SMILES string of the molecule is O=C(Nc1ccc(Oc2ccccc2)cc1)Nc1ccc(C2OC(CSc3nnnn3-c3ccccc3)CC(c3ccc(CO)cc3)O2)cc1. The fourth-order valence-corrected chi connectivity index (χ4v) is 6.35. The first-order valence-electron chi connectivity index (χ1n) is 16.1. The molecule has 0 spiro atoms. The van der Waals surface area contributed by atoms with Gasteiger partial charge in [-0.1, -0.05) is 84.6 Å². The van der Waals surface area contributed by atoms with E-state index in [1.54, 1.807) is 28.9 Å². The molecule has 1 aromatic heterocycles. The van der Waals surface area contributed by atoms with Crippen molar-refractivity contribution in [3.63, 3.8) is 0 Å². The normalized spacial score (nSPS) is 17.2. The first-order valence-corrected chi connectivity index (χ1v) is 17.1. The van der Waals surface area contributed by atoms with Gasteiger partial charge in [-0.25, -0.2) is 4.79 Å². The van der Waals surface area contributed by atoms with Crippen LogP contribution in [0.2, 0.25) is 0 Å². The minimum atomic E-state index is -0.651. The third-order valence-electron chi connectivity index (χ3n) is 7.99. The molecule has 50 heavy (non-hydrogen) atoms. The van der Waals surface area contributed by atoms with Gasteiger partial charge >= 0.3 is 6.03 Å². The molecule has 1 saturated heterocycles. The van der Waals surface area contributed by atoms with E-state index in [1.165, 1.54) is 11.8 Å². The molecule has 1 fully saturated rings. The maximum Gasteiger partial charge on any atom is 0.323 e. The number of benzene rings is 5. The molecular weight excluding hydrogens is 653 g/mol. The third-order valence-corrected chi connectivity index (χ3v) is 9.04. The summed E-state index contributed by atoms with van der Waals surface area (Å²) in [5.74, 6) is 2.00. The van der Waals surface area contributed by atoms with Crippen molar-refractivity contribution in [2.75, 3.05) is 16.4 Å². The number of amides is 2. The molecule has 0 aliphatic carbocycles. The van der Waals surface area contributed by atoms with E-state index in [0.717, 1.165) is 28.1 Å². The Kier molecular flexibility index (Phi) is 10.4. The highest BCUT2D eigenvalue weighted by molar-refractivity contribution is 7.99. The number of tetrazole rings is 1. The Labute approximate surface area is 293 Å². The standard InChI is InChI=1S/C38H34N6O5S/c45-24-26-11-13-27(14-12-26)35-23-34(25-50-38-41-42-43-44(38)31-7-3-1-4-8-31)48-36(49-35)28-15-17-29(18-16-28)39-37(46)40-30-19-21-33(22-20-30)47-32-9-5-2-6-10-32/h1-22,34-36,45H,23-25H2,(H2,39,40,46). The van der Waals surface area contributed by atoms with Gasteiger partial charge < -0.3 is 30.0 Å². The van der Waals surface area contributed by atoms with Crippen LogP contribution in [0.25, 0.3) is 5.69 Å². The second-order valence-corrected chi connectivity index (χ2v) is 12.5. The summed E-state index contributed by atoms with van der Waals surface area (Å²) in [6.07, 6.45) is -0.462. The predicted octanol–water partition coefficient (Wildman–Crippen LogP) is 7.93. The Morgan fingerprint density at radius 2 is 1.40 bits per heavy atom. The average molecular weight is 687 g/mol. The van der Waals surface area contributed by atoms with Crippen molar-refractivity contribution in [1.82, 2.24) is 20.2 Å². The first kappa shape index (κ1) is 33.0. The average Bonchev–Trinajstić information content (AvgIpc) is 3.65. The van der Waals surface area contributed by atoms with E-state index in [-0.39, 0.29) is 24.8 Å². The van der Waals surface area contributed by atoms with Gasteiger partial charge in [-0.15, -0.1) is 5.10 Å². The number of para-hydroxylation sites is 2. The van der Waals surface area contributed by atoms with E-state index >= 15 is 0 Å². The van der Waals surface area contributed by atoms with Crippen molar-refractivity contribution in [1.29, 1.82) is 0 Å². The minimum Gasteiger partial charge on any atom is -0.457 e. The summed E-state index contributed by atoms with van der Waals surface area (Å²) in [4.78, 5) is 12.8. The van der Waals surface area contributed by atoms with Crippen LogP contribution in [-0.2, 0) is 16.1 Å². The lowest BCUT2D eigenvalue weighted by Crippen LogP contribution is -2.31. The zero-order valence-electron chi connectivity index (χ0n) is 26.8. The Morgan fingerprint density at radius 3 is 2.08 bits per heavy atom. The Balaban J connectivity index is 0.999. The molecule has 1 aliphatic rings. The highest BCUT2D eigenvalue weighted by atomic mass is 32.2. The monoisotopic (exact) mass is 686 g/mol. The van der Waals surface area contributed by atoms with Gasteiger partial charge in [-0.3, -0.25) is 0 Å². The summed E-state index contributed by atoms with van der Waals surface area (Å²) in [6, 6.07) is 41.2. The smallest absolute Gasteiger partial charge is 0.323 e.